The number of aliphatic hydroxyl groups is 11. The highest BCUT2D eigenvalue weighted by Crippen LogP contribution is 2.33. The Morgan fingerprint density at radius 3 is 1.47 bits per heavy atom. The van der Waals surface area contributed by atoms with Crippen LogP contribution < -0.4 is 5.32 Å². The zero-order chi connectivity index (χ0) is 53.4. The topological polar surface area (TPSA) is 307 Å². The lowest BCUT2D eigenvalue weighted by Gasteiger charge is -2.48. The smallest absolute Gasteiger partial charge is 0.220 e. The number of hydrogen-bond donors (Lipinski definition) is 12. The number of aliphatic hydroxyl groups excluding tert-OH is 11. The van der Waals surface area contributed by atoms with Gasteiger partial charge in [0.05, 0.1) is 38.6 Å². The minimum atomic E-state index is -1.98. The Hall–Kier alpha value is -2.77. The summed E-state index contributed by atoms with van der Waals surface area (Å²) in [6.45, 7) is 1.50. The average Bonchev–Trinajstić information content (AvgIpc) is 3.38. The third-order valence-corrected chi connectivity index (χ3v) is 13.0. The summed E-state index contributed by atoms with van der Waals surface area (Å²) in [5.74, 6) is -0.280. The molecular weight excluding hydrogens is 951 g/mol. The summed E-state index contributed by atoms with van der Waals surface area (Å²) in [6.07, 6.45) is 15.0. The van der Waals surface area contributed by atoms with Crippen LogP contribution in [0.25, 0.3) is 0 Å². The Bertz CT molecular complexity index is 1620. The largest absolute Gasteiger partial charge is 0.394 e. The molecule has 420 valence electrons. The van der Waals surface area contributed by atoms with Gasteiger partial charge in [0.15, 0.2) is 18.9 Å². The molecule has 0 aliphatic carbocycles. The van der Waals surface area contributed by atoms with Gasteiger partial charge in [-0.25, -0.2) is 0 Å². The Morgan fingerprint density at radius 2 is 0.945 bits per heavy atom. The quantitative estimate of drug-likeness (QED) is 0.0317. The number of unbranched alkanes of at least 4 members (excludes halogenated alkanes) is 8. The van der Waals surface area contributed by atoms with Crippen molar-refractivity contribution in [3.63, 3.8) is 0 Å². The Labute approximate surface area is 432 Å². The van der Waals surface area contributed by atoms with E-state index in [9.17, 15) is 61.0 Å². The van der Waals surface area contributed by atoms with E-state index in [1.165, 1.54) is 0 Å². The molecular formula is C54H91NO18. The van der Waals surface area contributed by atoms with Gasteiger partial charge < -0.3 is 89.9 Å². The minimum Gasteiger partial charge on any atom is -0.394 e. The highest BCUT2D eigenvalue weighted by atomic mass is 16.8. The van der Waals surface area contributed by atoms with Crippen molar-refractivity contribution in [1.82, 2.24) is 5.32 Å². The molecule has 3 saturated heterocycles. The molecule has 3 aliphatic heterocycles. The van der Waals surface area contributed by atoms with Crippen molar-refractivity contribution in [3.8, 4) is 0 Å². The molecule has 3 aliphatic rings. The first kappa shape index (κ1) is 64.5. The van der Waals surface area contributed by atoms with Gasteiger partial charge in [0.25, 0.3) is 0 Å². The second-order valence-corrected chi connectivity index (χ2v) is 19.0. The van der Waals surface area contributed by atoms with Gasteiger partial charge in [-0.15, -0.1) is 0 Å². The van der Waals surface area contributed by atoms with Gasteiger partial charge in [-0.05, 0) is 64.2 Å². The zero-order valence-electron chi connectivity index (χ0n) is 43.1. The summed E-state index contributed by atoms with van der Waals surface area (Å²) in [7, 11) is 0. The molecule has 0 aromatic carbocycles. The third-order valence-electron chi connectivity index (χ3n) is 13.0. The summed E-state index contributed by atoms with van der Waals surface area (Å²) < 4.78 is 34.0. The van der Waals surface area contributed by atoms with Gasteiger partial charge in [-0.2, -0.15) is 0 Å². The SMILES string of the molecule is CC/C=C\C/C=C\C/C=C\C/C=C\C/C=C\C/C=C\CCCCCCC(=O)NC(COC1OC(CO)C(OC2OC(CO)C(OC3OC(CO)C(O)C(O)C3O)C(O)C2O)C(O)C1O)C(O)CCCCCCC. The molecule has 0 saturated carbocycles. The van der Waals surface area contributed by atoms with Crippen LogP contribution in [-0.4, -0.2) is 193 Å². The maximum Gasteiger partial charge on any atom is 0.220 e. The molecule has 19 heteroatoms. The summed E-state index contributed by atoms with van der Waals surface area (Å²) in [5, 5.41) is 119. The first-order chi connectivity index (χ1) is 35.3. The van der Waals surface area contributed by atoms with Crippen LogP contribution in [0.5, 0.6) is 0 Å². The molecule has 73 heavy (non-hydrogen) atoms. The molecule has 19 nitrogen and oxygen atoms in total. The number of carbonyl (C=O) groups excluding carboxylic acids is 1. The molecule has 0 aromatic heterocycles. The first-order valence-electron chi connectivity index (χ1n) is 26.7. The molecule has 0 spiro atoms. The summed E-state index contributed by atoms with van der Waals surface area (Å²) >= 11 is 0. The van der Waals surface area contributed by atoms with Crippen molar-refractivity contribution >= 4 is 5.91 Å². The second kappa shape index (κ2) is 37.9. The summed E-state index contributed by atoms with van der Waals surface area (Å²) in [6, 6.07) is -0.901. The third kappa shape index (κ3) is 23.2. The Morgan fingerprint density at radius 1 is 0.507 bits per heavy atom. The first-order valence-corrected chi connectivity index (χ1v) is 26.7. The average molecular weight is 1040 g/mol. The molecule has 0 bridgehead atoms. The van der Waals surface area contributed by atoms with Crippen LogP contribution in [-0.2, 0) is 33.2 Å². The highest BCUT2D eigenvalue weighted by Gasteiger charge is 2.53. The van der Waals surface area contributed by atoms with Crippen molar-refractivity contribution < 1.29 is 89.4 Å². The lowest BCUT2D eigenvalue weighted by atomic mass is 9.96. The van der Waals surface area contributed by atoms with Crippen molar-refractivity contribution in [2.45, 2.75) is 234 Å². The van der Waals surface area contributed by atoms with Crippen LogP contribution in [0.4, 0.5) is 0 Å². The van der Waals surface area contributed by atoms with E-state index < -0.39 is 124 Å². The molecule has 12 N–H and O–H groups in total. The summed E-state index contributed by atoms with van der Waals surface area (Å²) in [5.41, 5.74) is 0. The molecule has 3 fully saturated rings. The number of carbonyl (C=O) groups is 1. The fraction of sp³-hybridized carbons (Fsp3) is 0.759. The van der Waals surface area contributed by atoms with E-state index in [1.807, 2.05) is 0 Å². The maximum atomic E-state index is 13.2. The van der Waals surface area contributed by atoms with Crippen LogP contribution in [0.2, 0.25) is 0 Å². The second-order valence-electron chi connectivity index (χ2n) is 19.0. The molecule has 3 rings (SSSR count). The standard InChI is InChI=1S/C54H91NO18/c1-3-5-7-9-10-11-12-13-14-15-16-17-18-19-20-21-22-23-24-25-26-28-30-32-42(60)55-37(38(59)31-29-27-8-6-4-2)36-68-52-48(66)45(63)50(40(34-57)70-52)73-54-49(67)46(64)51(41(35-58)71-54)72-53-47(65)44(62)43(61)39(33-56)69-53/h5,7,10-11,13-14,16-17,19-20,22-23,37-41,43-54,56-59,61-67H,3-4,6,8-9,12,15,18,21,24-36H2,1-2H3,(H,55,60)/b7-5-,11-10-,14-13-,17-16-,20-19-,23-22-. The van der Waals surface area contributed by atoms with Gasteiger partial charge in [0, 0.05) is 6.42 Å². The van der Waals surface area contributed by atoms with Crippen molar-refractivity contribution in [3.05, 3.63) is 72.9 Å². The number of hydrogen-bond acceptors (Lipinski definition) is 18. The molecule has 3 heterocycles. The van der Waals surface area contributed by atoms with Gasteiger partial charge in [0.2, 0.25) is 5.91 Å². The molecule has 17 unspecified atom stereocenters. The molecule has 17 atom stereocenters. The van der Waals surface area contributed by atoms with E-state index in [-0.39, 0.29) is 18.9 Å². The lowest BCUT2D eigenvalue weighted by molar-refractivity contribution is -0.379. The van der Waals surface area contributed by atoms with E-state index in [1.54, 1.807) is 0 Å². The van der Waals surface area contributed by atoms with Crippen LogP contribution in [0.1, 0.15) is 129 Å². The van der Waals surface area contributed by atoms with Gasteiger partial charge in [0.1, 0.15) is 73.2 Å². The zero-order valence-corrected chi connectivity index (χ0v) is 43.1. The number of rotatable bonds is 36. The minimum absolute atomic E-state index is 0.230. The predicted molar refractivity (Wildman–Crippen MR) is 272 cm³/mol. The van der Waals surface area contributed by atoms with Crippen LogP contribution in [0, 0.1) is 0 Å². The van der Waals surface area contributed by atoms with Gasteiger partial charge >= 0.3 is 0 Å². The van der Waals surface area contributed by atoms with E-state index in [0.717, 1.165) is 89.9 Å². The van der Waals surface area contributed by atoms with Crippen LogP contribution in [0.15, 0.2) is 72.9 Å². The molecule has 0 radical (unpaired) electrons. The van der Waals surface area contributed by atoms with E-state index in [2.05, 4.69) is 92.1 Å². The fourth-order valence-corrected chi connectivity index (χ4v) is 8.61. The molecule has 0 aromatic rings. The van der Waals surface area contributed by atoms with E-state index >= 15 is 0 Å². The summed E-state index contributed by atoms with van der Waals surface area (Å²) in [4.78, 5) is 13.2. The van der Waals surface area contributed by atoms with Crippen LogP contribution in [0.3, 0.4) is 0 Å². The Kier molecular flexibility index (Phi) is 33.5. The molecule has 1 amide bonds. The number of allylic oxidation sites excluding steroid dienone is 12. The predicted octanol–water partition coefficient (Wildman–Crippen LogP) is 2.70. The van der Waals surface area contributed by atoms with Gasteiger partial charge in [-0.1, -0.05) is 132 Å². The monoisotopic (exact) mass is 1040 g/mol. The van der Waals surface area contributed by atoms with Crippen molar-refractivity contribution in [2.75, 3.05) is 26.4 Å². The van der Waals surface area contributed by atoms with E-state index in [4.69, 9.17) is 28.4 Å². The lowest BCUT2D eigenvalue weighted by Crippen LogP contribution is -2.66. The van der Waals surface area contributed by atoms with Crippen molar-refractivity contribution in [2.24, 2.45) is 0 Å². The maximum absolute atomic E-state index is 13.2. The normalized spacial score (nSPS) is 32.3. The highest BCUT2D eigenvalue weighted by molar-refractivity contribution is 5.76. The Balaban J connectivity index is 1.44. The van der Waals surface area contributed by atoms with Gasteiger partial charge in [-0.3, -0.25) is 4.79 Å². The van der Waals surface area contributed by atoms with E-state index in [0.29, 0.717) is 19.3 Å². The number of amides is 1. The van der Waals surface area contributed by atoms with Crippen LogP contribution >= 0.6 is 0 Å². The number of nitrogens with one attached hydrogen (secondary N) is 1. The van der Waals surface area contributed by atoms with Crippen molar-refractivity contribution in [1.29, 1.82) is 0 Å². The number of ether oxygens (including phenoxy) is 6. The fourth-order valence-electron chi connectivity index (χ4n) is 8.61.